The van der Waals surface area contributed by atoms with Crippen molar-refractivity contribution in [3.05, 3.63) is 35.9 Å². The van der Waals surface area contributed by atoms with E-state index >= 15 is 0 Å². The van der Waals surface area contributed by atoms with Crippen LogP contribution in [0.3, 0.4) is 0 Å². The molecule has 0 aliphatic carbocycles. The maximum atomic E-state index is 3.36. The normalized spacial score (nSPS) is 18.8. The summed E-state index contributed by atoms with van der Waals surface area (Å²) in [6, 6.07) is 10.7. The fourth-order valence-corrected chi connectivity index (χ4v) is 1.71. The Morgan fingerprint density at radius 1 is 1.08 bits per heavy atom. The first kappa shape index (κ1) is 8.73. The molecule has 0 bridgehead atoms. The number of nitrogens with zero attached hydrogens (tertiary/aromatic N) is 1. The van der Waals surface area contributed by atoms with E-state index in [4.69, 9.17) is 0 Å². The van der Waals surface area contributed by atoms with Gasteiger partial charge in [0, 0.05) is 18.7 Å². The number of hydrogen-bond donors (Lipinski definition) is 1. The summed E-state index contributed by atoms with van der Waals surface area (Å²) in [5, 5.41) is 3.36. The summed E-state index contributed by atoms with van der Waals surface area (Å²) in [5.74, 6) is 0. The fraction of sp³-hybridized carbons (Fsp3) is 0.455. The Bertz CT molecular complexity index is 240. The third-order valence-electron chi connectivity index (χ3n) is 2.46. The van der Waals surface area contributed by atoms with E-state index in [1.807, 2.05) is 0 Å². The molecule has 13 heavy (non-hydrogen) atoms. The van der Waals surface area contributed by atoms with Gasteiger partial charge in [0.2, 0.25) is 0 Å². The van der Waals surface area contributed by atoms with E-state index in [9.17, 15) is 0 Å². The number of benzene rings is 1. The average Bonchev–Trinajstić information content (AvgIpc) is 2.21. The van der Waals surface area contributed by atoms with Crippen LogP contribution in [0.5, 0.6) is 0 Å². The van der Waals surface area contributed by atoms with Gasteiger partial charge in [-0.05, 0) is 0 Å². The molecule has 0 aromatic heterocycles. The van der Waals surface area contributed by atoms with Crippen LogP contribution >= 0.6 is 0 Å². The Kier molecular flexibility index (Phi) is 2.95. The lowest BCUT2D eigenvalue weighted by Gasteiger charge is -2.17. The van der Waals surface area contributed by atoms with Crippen molar-refractivity contribution in [3.8, 4) is 0 Å². The molecule has 1 heterocycles. The minimum Gasteiger partial charge on any atom is -0.306 e. The molecule has 0 saturated carbocycles. The average molecular weight is 176 g/mol. The molecule has 1 fully saturated rings. The Morgan fingerprint density at radius 3 is 2.46 bits per heavy atom. The summed E-state index contributed by atoms with van der Waals surface area (Å²) >= 11 is 0. The molecule has 1 aliphatic rings. The van der Waals surface area contributed by atoms with Gasteiger partial charge in [0.15, 0.2) is 0 Å². The smallest absolute Gasteiger partial charge is 0.148 e. The fourth-order valence-electron chi connectivity index (χ4n) is 1.71. The van der Waals surface area contributed by atoms with Crippen LogP contribution in [-0.4, -0.2) is 26.2 Å². The second kappa shape index (κ2) is 4.40. The van der Waals surface area contributed by atoms with Crippen LogP contribution < -0.4 is 10.2 Å². The molecule has 69 valence electrons. The molecule has 0 spiro atoms. The first-order valence-corrected chi connectivity index (χ1v) is 4.92. The maximum Gasteiger partial charge on any atom is 0.148 e. The largest absolute Gasteiger partial charge is 0.306 e. The molecule has 1 aromatic rings. The Balaban J connectivity index is 1.90. The predicted molar refractivity (Wildman–Crippen MR) is 54.9 cm³/mol. The van der Waals surface area contributed by atoms with Crippen molar-refractivity contribution in [2.75, 3.05) is 26.2 Å². The van der Waals surface area contributed by atoms with E-state index in [0.717, 1.165) is 19.6 Å². The van der Waals surface area contributed by atoms with E-state index in [0.29, 0.717) is 0 Å². The van der Waals surface area contributed by atoms with Crippen LogP contribution in [0, 0.1) is 0 Å². The number of hydrogen-bond acceptors (Lipinski definition) is 2. The van der Waals surface area contributed by atoms with Crippen LogP contribution in [0.4, 0.5) is 0 Å². The molecule has 0 amide bonds. The minimum atomic E-state index is 1.10. The minimum absolute atomic E-state index is 1.10. The topological polar surface area (TPSA) is 17.9 Å². The summed E-state index contributed by atoms with van der Waals surface area (Å²) in [6.07, 6.45) is 0. The SMILES string of the molecule is c1ccc(C[N+]2CCNCC2)cc1. The summed E-state index contributed by atoms with van der Waals surface area (Å²) in [5.41, 5.74) is 1.42. The highest BCUT2D eigenvalue weighted by molar-refractivity contribution is 5.14. The zero-order chi connectivity index (χ0) is 8.93. The summed E-state index contributed by atoms with van der Waals surface area (Å²) in [6.45, 7) is 5.71. The van der Waals surface area contributed by atoms with Gasteiger partial charge in [-0.15, -0.1) is 0 Å². The molecule has 2 nitrogen and oxygen atoms in total. The van der Waals surface area contributed by atoms with Crippen LogP contribution in [0.1, 0.15) is 5.56 Å². The van der Waals surface area contributed by atoms with Gasteiger partial charge < -0.3 is 5.32 Å². The van der Waals surface area contributed by atoms with E-state index in [2.05, 4.69) is 40.5 Å². The predicted octanol–water partition coefficient (Wildman–Crippen LogP) is 0.930. The molecular weight excluding hydrogens is 160 g/mol. The van der Waals surface area contributed by atoms with E-state index < -0.39 is 0 Å². The molecule has 0 unspecified atom stereocenters. The van der Waals surface area contributed by atoms with Gasteiger partial charge in [-0.2, -0.15) is 4.90 Å². The second-order valence-corrected chi connectivity index (χ2v) is 3.51. The monoisotopic (exact) mass is 176 g/mol. The summed E-state index contributed by atoms with van der Waals surface area (Å²) < 4.78 is 0. The van der Waals surface area contributed by atoms with Gasteiger partial charge in [-0.1, -0.05) is 30.3 Å². The number of rotatable bonds is 2. The van der Waals surface area contributed by atoms with Gasteiger partial charge in [-0.25, -0.2) is 0 Å². The van der Waals surface area contributed by atoms with E-state index in [-0.39, 0.29) is 0 Å². The Labute approximate surface area is 79.6 Å². The van der Waals surface area contributed by atoms with Crippen molar-refractivity contribution >= 4 is 0 Å². The molecule has 1 aliphatic heterocycles. The highest BCUT2D eigenvalue weighted by atomic mass is 15.2. The molecule has 1 saturated heterocycles. The van der Waals surface area contributed by atoms with Gasteiger partial charge in [-0.3, -0.25) is 0 Å². The number of nitrogens with one attached hydrogen (secondary N) is 1. The van der Waals surface area contributed by atoms with Gasteiger partial charge in [0.05, 0.1) is 0 Å². The Morgan fingerprint density at radius 2 is 1.77 bits per heavy atom. The number of piperazine rings is 1. The zero-order valence-corrected chi connectivity index (χ0v) is 7.87. The van der Waals surface area contributed by atoms with Crippen molar-refractivity contribution in [2.45, 2.75) is 6.54 Å². The van der Waals surface area contributed by atoms with Crippen LogP contribution in [0.15, 0.2) is 30.3 Å². The van der Waals surface area contributed by atoms with Crippen LogP contribution in [-0.2, 0) is 6.54 Å². The lowest BCUT2D eigenvalue weighted by atomic mass is 10.2. The van der Waals surface area contributed by atoms with E-state index in [1.165, 1.54) is 18.7 Å². The highest BCUT2D eigenvalue weighted by Crippen LogP contribution is 2.02. The Hall–Kier alpha value is -0.860. The van der Waals surface area contributed by atoms with Crippen LogP contribution in [0.2, 0.25) is 0 Å². The van der Waals surface area contributed by atoms with Crippen LogP contribution in [0.25, 0.3) is 0 Å². The molecular formula is C11H16N2+. The first-order chi connectivity index (χ1) is 6.45. The highest BCUT2D eigenvalue weighted by Gasteiger charge is 2.18. The second-order valence-electron chi connectivity index (χ2n) is 3.51. The van der Waals surface area contributed by atoms with Gasteiger partial charge in [0.25, 0.3) is 0 Å². The van der Waals surface area contributed by atoms with Crippen molar-refractivity contribution < 1.29 is 0 Å². The van der Waals surface area contributed by atoms with E-state index in [1.54, 1.807) is 0 Å². The molecule has 0 atom stereocenters. The lowest BCUT2D eigenvalue weighted by Crippen LogP contribution is -2.46. The first-order valence-electron chi connectivity index (χ1n) is 4.92. The molecule has 1 aromatic carbocycles. The summed E-state index contributed by atoms with van der Waals surface area (Å²) in [4.78, 5) is 2.49. The van der Waals surface area contributed by atoms with Crippen molar-refractivity contribution in [1.29, 1.82) is 0 Å². The maximum absolute atomic E-state index is 3.36. The van der Waals surface area contributed by atoms with Crippen molar-refractivity contribution in [3.63, 3.8) is 0 Å². The molecule has 1 N–H and O–H groups in total. The van der Waals surface area contributed by atoms with Gasteiger partial charge >= 0.3 is 0 Å². The van der Waals surface area contributed by atoms with Gasteiger partial charge in [0.1, 0.15) is 19.6 Å². The quantitative estimate of drug-likeness (QED) is 0.664. The molecule has 2 heteroatoms. The molecule has 1 radical (unpaired) electrons. The third-order valence-corrected chi connectivity index (χ3v) is 2.46. The standard InChI is InChI=1S/C11H16N2/c1-2-4-11(5-3-1)10-13-8-6-12-7-9-13/h1-5,12H,6-10H2/q+1. The van der Waals surface area contributed by atoms with Crippen molar-refractivity contribution in [1.82, 2.24) is 10.2 Å². The lowest BCUT2D eigenvalue weighted by molar-refractivity contribution is 0.350. The zero-order valence-electron chi connectivity index (χ0n) is 7.87. The molecule has 2 rings (SSSR count). The van der Waals surface area contributed by atoms with Crippen molar-refractivity contribution in [2.24, 2.45) is 0 Å². The third kappa shape index (κ3) is 2.54. The summed E-state index contributed by atoms with van der Waals surface area (Å²) in [7, 11) is 0.